The molecular weight excluding hydrogens is 230 g/mol. The van der Waals surface area contributed by atoms with Gasteiger partial charge in [0.1, 0.15) is 0 Å². The molecule has 2 aliphatic heterocycles. The first kappa shape index (κ1) is 13.6. The van der Waals surface area contributed by atoms with Crippen LogP contribution in [0.25, 0.3) is 0 Å². The van der Waals surface area contributed by atoms with Crippen molar-refractivity contribution in [3.63, 3.8) is 0 Å². The predicted molar refractivity (Wildman–Crippen MR) is 70.6 cm³/mol. The third-order valence-corrected chi connectivity index (χ3v) is 3.80. The van der Waals surface area contributed by atoms with Crippen LogP contribution < -0.4 is 10.6 Å². The fraction of sp³-hybridized carbons (Fsp3) is 0.923. The van der Waals surface area contributed by atoms with Crippen LogP contribution in [-0.4, -0.2) is 55.4 Å². The van der Waals surface area contributed by atoms with E-state index < -0.39 is 0 Å². The van der Waals surface area contributed by atoms with Crippen molar-refractivity contribution in [3.8, 4) is 0 Å². The highest BCUT2D eigenvalue weighted by Crippen LogP contribution is 2.12. The zero-order valence-electron chi connectivity index (χ0n) is 11.4. The quantitative estimate of drug-likeness (QED) is 0.786. The lowest BCUT2D eigenvalue weighted by Crippen LogP contribution is -2.45. The number of hydrogen-bond donors (Lipinski definition) is 2. The second kappa shape index (κ2) is 6.38. The molecule has 0 aromatic rings. The van der Waals surface area contributed by atoms with Gasteiger partial charge in [-0.25, -0.2) is 4.79 Å². The number of likely N-dealkylation sites (tertiary alicyclic amines) is 1. The zero-order chi connectivity index (χ0) is 13.0. The normalized spacial score (nSPS) is 28.8. The van der Waals surface area contributed by atoms with Crippen molar-refractivity contribution in [2.45, 2.75) is 51.3 Å². The molecule has 2 aliphatic rings. The van der Waals surface area contributed by atoms with Crippen molar-refractivity contribution in [2.75, 3.05) is 26.2 Å². The van der Waals surface area contributed by atoms with Gasteiger partial charge in [-0.1, -0.05) is 0 Å². The smallest absolute Gasteiger partial charge is 0.315 e. The van der Waals surface area contributed by atoms with Crippen LogP contribution in [0, 0.1) is 0 Å². The molecule has 0 bridgehead atoms. The van der Waals surface area contributed by atoms with Gasteiger partial charge < -0.3 is 15.4 Å². The molecule has 0 aromatic carbocycles. The lowest BCUT2D eigenvalue weighted by atomic mass is 10.2. The van der Waals surface area contributed by atoms with Gasteiger partial charge in [0, 0.05) is 38.3 Å². The maximum absolute atomic E-state index is 11.7. The monoisotopic (exact) mass is 255 g/mol. The Balaban J connectivity index is 1.62. The summed E-state index contributed by atoms with van der Waals surface area (Å²) in [6.07, 6.45) is 3.43. The van der Waals surface area contributed by atoms with E-state index in [1.807, 2.05) is 0 Å². The Kier molecular flexibility index (Phi) is 4.83. The predicted octanol–water partition coefficient (Wildman–Crippen LogP) is 0.947. The number of amides is 2. The standard InChI is InChI=1S/C13H25N3O2/c1-10(2)16-6-5-11(9-16)15-13(17)14-8-12-4-3-7-18-12/h10-12H,3-9H2,1-2H3,(H2,14,15,17)/t11-,12-/m1/s1. The molecular formula is C13H25N3O2. The Morgan fingerprint density at radius 1 is 1.44 bits per heavy atom. The highest BCUT2D eigenvalue weighted by molar-refractivity contribution is 5.74. The van der Waals surface area contributed by atoms with Crippen molar-refractivity contribution in [1.29, 1.82) is 0 Å². The first-order chi connectivity index (χ1) is 8.65. The molecule has 0 aliphatic carbocycles. The summed E-state index contributed by atoms with van der Waals surface area (Å²) in [5.74, 6) is 0. The highest BCUT2D eigenvalue weighted by Gasteiger charge is 2.25. The first-order valence-electron chi connectivity index (χ1n) is 7.05. The molecule has 18 heavy (non-hydrogen) atoms. The van der Waals surface area contributed by atoms with E-state index in [0.29, 0.717) is 12.6 Å². The van der Waals surface area contributed by atoms with Gasteiger partial charge in [0.2, 0.25) is 0 Å². The lowest BCUT2D eigenvalue weighted by molar-refractivity contribution is 0.111. The average Bonchev–Trinajstić information content (AvgIpc) is 2.96. The third kappa shape index (κ3) is 3.85. The summed E-state index contributed by atoms with van der Waals surface area (Å²) in [6.45, 7) is 7.89. The van der Waals surface area contributed by atoms with Crippen molar-refractivity contribution in [2.24, 2.45) is 0 Å². The summed E-state index contributed by atoms with van der Waals surface area (Å²) in [5.41, 5.74) is 0. The summed E-state index contributed by atoms with van der Waals surface area (Å²) in [6, 6.07) is 0.796. The molecule has 0 radical (unpaired) electrons. The number of carbonyl (C=O) groups is 1. The second-order valence-corrected chi connectivity index (χ2v) is 5.56. The van der Waals surface area contributed by atoms with Gasteiger partial charge in [-0.3, -0.25) is 4.90 Å². The van der Waals surface area contributed by atoms with Gasteiger partial charge >= 0.3 is 6.03 Å². The van der Waals surface area contributed by atoms with E-state index in [9.17, 15) is 4.79 Å². The molecule has 2 rings (SSSR count). The van der Waals surface area contributed by atoms with Crippen LogP contribution in [0.5, 0.6) is 0 Å². The Morgan fingerprint density at radius 3 is 2.89 bits per heavy atom. The first-order valence-corrected chi connectivity index (χ1v) is 7.05. The van der Waals surface area contributed by atoms with Crippen molar-refractivity contribution >= 4 is 6.03 Å². The van der Waals surface area contributed by atoms with Crippen LogP contribution in [0.1, 0.15) is 33.1 Å². The Labute approximate surface area is 109 Å². The molecule has 2 saturated heterocycles. The molecule has 0 saturated carbocycles. The van der Waals surface area contributed by atoms with Gasteiger partial charge in [-0.15, -0.1) is 0 Å². The second-order valence-electron chi connectivity index (χ2n) is 5.56. The third-order valence-electron chi connectivity index (χ3n) is 3.80. The van der Waals surface area contributed by atoms with E-state index >= 15 is 0 Å². The Morgan fingerprint density at radius 2 is 2.28 bits per heavy atom. The maximum Gasteiger partial charge on any atom is 0.315 e. The molecule has 5 heteroatoms. The number of ether oxygens (including phenoxy) is 1. The summed E-state index contributed by atoms with van der Waals surface area (Å²) in [5, 5.41) is 5.94. The number of urea groups is 1. The lowest BCUT2D eigenvalue weighted by Gasteiger charge is -2.20. The molecule has 0 unspecified atom stereocenters. The molecule has 2 heterocycles. The van der Waals surface area contributed by atoms with E-state index in [1.165, 1.54) is 0 Å². The minimum absolute atomic E-state index is 0.0545. The number of carbonyl (C=O) groups excluding carboxylic acids is 1. The molecule has 0 spiro atoms. The fourth-order valence-corrected chi connectivity index (χ4v) is 2.62. The van der Waals surface area contributed by atoms with E-state index in [2.05, 4.69) is 29.4 Å². The minimum Gasteiger partial charge on any atom is -0.376 e. The minimum atomic E-state index is -0.0545. The van der Waals surface area contributed by atoms with Crippen molar-refractivity contribution in [3.05, 3.63) is 0 Å². The van der Waals surface area contributed by atoms with E-state index in [1.54, 1.807) is 0 Å². The van der Waals surface area contributed by atoms with Crippen LogP contribution in [0.3, 0.4) is 0 Å². The van der Waals surface area contributed by atoms with Gasteiger partial charge in [0.15, 0.2) is 0 Å². The van der Waals surface area contributed by atoms with Gasteiger partial charge in [-0.05, 0) is 33.1 Å². The summed E-state index contributed by atoms with van der Waals surface area (Å²) in [7, 11) is 0. The largest absolute Gasteiger partial charge is 0.376 e. The van der Waals surface area contributed by atoms with Gasteiger partial charge in [0.05, 0.1) is 6.10 Å². The zero-order valence-corrected chi connectivity index (χ0v) is 11.4. The van der Waals surface area contributed by atoms with E-state index in [0.717, 1.165) is 39.0 Å². The molecule has 5 nitrogen and oxygen atoms in total. The molecule has 104 valence electrons. The number of nitrogens with one attached hydrogen (secondary N) is 2. The number of hydrogen-bond acceptors (Lipinski definition) is 3. The van der Waals surface area contributed by atoms with Crippen molar-refractivity contribution in [1.82, 2.24) is 15.5 Å². The Bertz CT molecular complexity index is 277. The van der Waals surface area contributed by atoms with Crippen LogP contribution in [0.4, 0.5) is 4.79 Å². The number of nitrogens with zero attached hydrogens (tertiary/aromatic N) is 1. The van der Waals surface area contributed by atoms with Crippen LogP contribution in [0.15, 0.2) is 0 Å². The summed E-state index contributed by atoms with van der Waals surface area (Å²) in [4.78, 5) is 14.1. The highest BCUT2D eigenvalue weighted by atomic mass is 16.5. The van der Waals surface area contributed by atoms with E-state index in [-0.39, 0.29) is 18.2 Å². The van der Waals surface area contributed by atoms with Crippen LogP contribution >= 0.6 is 0 Å². The number of rotatable bonds is 4. The van der Waals surface area contributed by atoms with E-state index in [4.69, 9.17) is 4.74 Å². The molecule has 2 amide bonds. The summed E-state index contributed by atoms with van der Waals surface area (Å²) >= 11 is 0. The fourth-order valence-electron chi connectivity index (χ4n) is 2.62. The SMILES string of the molecule is CC(C)N1CC[C@@H](NC(=O)NC[C@H]2CCCO2)C1. The molecule has 2 atom stereocenters. The van der Waals surface area contributed by atoms with Gasteiger partial charge in [-0.2, -0.15) is 0 Å². The molecule has 2 N–H and O–H groups in total. The topological polar surface area (TPSA) is 53.6 Å². The molecule has 2 fully saturated rings. The van der Waals surface area contributed by atoms with Crippen molar-refractivity contribution < 1.29 is 9.53 Å². The Hall–Kier alpha value is -0.810. The van der Waals surface area contributed by atoms with Crippen LogP contribution in [0.2, 0.25) is 0 Å². The summed E-state index contributed by atoms with van der Waals surface area (Å²) < 4.78 is 5.47. The van der Waals surface area contributed by atoms with Gasteiger partial charge in [0.25, 0.3) is 0 Å². The average molecular weight is 255 g/mol. The van der Waals surface area contributed by atoms with Crippen LogP contribution in [-0.2, 0) is 4.74 Å². The molecule has 0 aromatic heterocycles. The maximum atomic E-state index is 11.7.